The number of amides is 5. The van der Waals surface area contributed by atoms with Crippen LogP contribution in [0.4, 0.5) is 18.9 Å². The fourth-order valence-corrected chi connectivity index (χ4v) is 9.51. The number of carbonyl (C=O) groups excluding carboxylic acids is 5. The van der Waals surface area contributed by atoms with Gasteiger partial charge in [-0.3, -0.25) is 43.7 Å². The Balaban J connectivity index is 0.753. The number of benzene rings is 2. The van der Waals surface area contributed by atoms with Crippen LogP contribution in [0.15, 0.2) is 53.5 Å². The van der Waals surface area contributed by atoms with Gasteiger partial charge >= 0.3 is 6.36 Å². The second kappa shape index (κ2) is 21.6. The molecule has 7 rings (SSSR count). The highest BCUT2D eigenvalue weighted by Crippen LogP contribution is 2.34. The largest absolute Gasteiger partial charge is 0.522 e. The van der Waals surface area contributed by atoms with Crippen LogP contribution < -0.4 is 16.2 Å². The van der Waals surface area contributed by atoms with E-state index in [1.807, 2.05) is 27.7 Å². The summed E-state index contributed by atoms with van der Waals surface area (Å²) in [6.45, 7) is 3.03. The molecule has 2 aromatic carbocycles. The number of imide groups is 2. The zero-order valence-electron chi connectivity index (χ0n) is 37.9. The third-order valence-electron chi connectivity index (χ3n) is 13.1. The second-order valence-electron chi connectivity index (χ2n) is 17.9. The second-order valence-corrected chi connectivity index (χ2v) is 17.9. The molecule has 3 aliphatic heterocycles. The highest BCUT2D eigenvalue weighted by molar-refractivity contribution is 6.23. The number of nitrogens with zero attached hydrogens (tertiary/aromatic N) is 5. The Morgan fingerprint density at radius 2 is 1.48 bits per heavy atom. The predicted octanol–water partition coefficient (Wildman–Crippen LogP) is 8.15. The zero-order chi connectivity index (χ0) is 47.0. The number of unbranched alkanes of at least 4 members (excludes halogenated alkanes) is 10. The van der Waals surface area contributed by atoms with E-state index in [9.17, 15) is 41.9 Å². The van der Waals surface area contributed by atoms with Gasteiger partial charge in [0.2, 0.25) is 17.7 Å². The number of piperidine rings is 2. The number of rotatable bonds is 21. The number of halogens is 3. The average molecular weight is 916 g/mol. The van der Waals surface area contributed by atoms with Gasteiger partial charge in [-0.15, -0.1) is 13.2 Å². The molecule has 1 unspecified atom stereocenters. The number of hydrogen-bond acceptors (Lipinski definition) is 9. The first kappa shape index (κ1) is 48.1. The number of likely N-dealkylation sites (tertiary alicyclic amines) is 1. The molecule has 0 radical (unpaired) electrons. The number of aryl methyl sites for hydroxylation is 2. The van der Waals surface area contributed by atoms with Crippen molar-refractivity contribution in [3.05, 3.63) is 81.5 Å². The lowest BCUT2D eigenvalue weighted by Crippen LogP contribution is -2.54. The monoisotopic (exact) mass is 915 g/mol. The summed E-state index contributed by atoms with van der Waals surface area (Å²) in [6, 6.07) is 11.5. The number of alkyl halides is 3. The summed E-state index contributed by atoms with van der Waals surface area (Å²) in [7, 11) is 1.68. The van der Waals surface area contributed by atoms with Gasteiger partial charge in [0.15, 0.2) is 0 Å². The number of hydrogen-bond donors (Lipinski definition) is 2. The van der Waals surface area contributed by atoms with Crippen LogP contribution in [-0.2, 0) is 32.7 Å². The van der Waals surface area contributed by atoms with E-state index in [2.05, 4.69) is 15.4 Å². The van der Waals surface area contributed by atoms with Crippen molar-refractivity contribution in [2.75, 3.05) is 31.6 Å². The Morgan fingerprint density at radius 1 is 0.818 bits per heavy atom. The molecule has 5 amide bonds. The fourth-order valence-electron chi connectivity index (χ4n) is 9.51. The van der Waals surface area contributed by atoms with E-state index in [0.717, 1.165) is 73.2 Å². The van der Waals surface area contributed by atoms with E-state index < -0.39 is 42.6 Å². The smallest absolute Gasteiger partial charge is 0.385 e. The van der Waals surface area contributed by atoms with Crippen molar-refractivity contribution in [3.63, 3.8) is 0 Å². The van der Waals surface area contributed by atoms with Crippen LogP contribution in [-0.4, -0.2) is 92.1 Å². The van der Waals surface area contributed by atoms with Gasteiger partial charge in [-0.1, -0.05) is 63.9 Å². The van der Waals surface area contributed by atoms with Crippen molar-refractivity contribution >= 4 is 46.3 Å². The Bertz CT molecular complexity index is 2460. The summed E-state index contributed by atoms with van der Waals surface area (Å²) in [6.07, 6.45) is 11.0. The van der Waals surface area contributed by atoms with Crippen LogP contribution in [0.2, 0.25) is 0 Å². The molecule has 2 aromatic heterocycles. The molecule has 0 saturated carbocycles. The van der Waals surface area contributed by atoms with E-state index in [1.54, 1.807) is 44.4 Å². The number of ether oxygens (including phenoxy) is 1. The molecule has 0 aliphatic carbocycles. The van der Waals surface area contributed by atoms with Crippen molar-refractivity contribution in [2.45, 2.75) is 135 Å². The van der Waals surface area contributed by atoms with Gasteiger partial charge in [0, 0.05) is 69.4 Å². The Morgan fingerprint density at radius 3 is 2.15 bits per heavy atom. The molecule has 66 heavy (non-hydrogen) atoms. The maximum Gasteiger partial charge on any atom is 0.522 e. The molecule has 0 spiro atoms. The van der Waals surface area contributed by atoms with Crippen LogP contribution in [0.1, 0.15) is 141 Å². The van der Waals surface area contributed by atoms with Gasteiger partial charge < -0.3 is 19.4 Å². The minimum atomic E-state index is -4.75. The number of pyridine rings is 1. The van der Waals surface area contributed by atoms with E-state index in [4.69, 9.17) is 4.98 Å². The summed E-state index contributed by atoms with van der Waals surface area (Å²) in [5.74, 6) is -1.24. The van der Waals surface area contributed by atoms with Crippen molar-refractivity contribution in [1.29, 1.82) is 0 Å². The highest BCUT2D eigenvalue weighted by atomic mass is 19.4. The molecule has 17 heteroatoms. The molecule has 0 bridgehead atoms. The van der Waals surface area contributed by atoms with Crippen molar-refractivity contribution < 1.29 is 41.9 Å². The SMILES string of the molecule is Cc1cc(-c2ccc3nc(C4CCN(C(=O)CCCCCCCCCCCCCNc5ccc6c(c5)C(=O)N(C5CCC(=O)NC5=O)C6=O)CC4)n(CCOC(F)(F)F)c3c2)cn(C)c1=O. The molecular weight excluding hydrogens is 856 g/mol. The predicted molar refractivity (Wildman–Crippen MR) is 243 cm³/mol. The topological polar surface area (TPSA) is 165 Å². The number of fused-ring (bicyclic) bond motifs is 2. The Kier molecular flexibility index (Phi) is 15.8. The van der Waals surface area contributed by atoms with Crippen LogP contribution in [0.5, 0.6) is 0 Å². The summed E-state index contributed by atoms with van der Waals surface area (Å²) < 4.78 is 46.5. The molecule has 354 valence electrons. The maximum absolute atomic E-state index is 13.2. The number of nitrogens with one attached hydrogen (secondary N) is 2. The van der Waals surface area contributed by atoms with Crippen LogP contribution in [0, 0.1) is 6.92 Å². The zero-order valence-corrected chi connectivity index (χ0v) is 37.9. The van der Waals surface area contributed by atoms with Crippen LogP contribution in [0.3, 0.4) is 0 Å². The van der Waals surface area contributed by atoms with Gasteiger partial charge in [-0.05, 0) is 86.6 Å². The van der Waals surface area contributed by atoms with E-state index >= 15 is 0 Å². The Labute approximate surface area is 382 Å². The lowest BCUT2D eigenvalue weighted by atomic mass is 9.95. The summed E-state index contributed by atoms with van der Waals surface area (Å²) in [5.41, 5.74) is 4.77. The van der Waals surface area contributed by atoms with Crippen LogP contribution in [0.25, 0.3) is 22.2 Å². The maximum atomic E-state index is 13.2. The molecular formula is C49H60F3N7O7. The summed E-state index contributed by atoms with van der Waals surface area (Å²) in [4.78, 5) is 83.1. The molecule has 2 fully saturated rings. The summed E-state index contributed by atoms with van der Waals surface area (Å²) in [5, 5.41) is 5.55. The molecule has 2 N–H and O–H groups in total. The van der Waals surface area contributed by atoms with Gasteiger partial charge in [-0.2, -0.15) is 0 Å². The average Bonchev–Trinajstić information content (AvgIpc) is 3.77. The molecule has 3 aliphatic rings. The number of imidazole rings is 1. The molecule has 4 aromatic rings. The van der Waals surface area contributed by atoms with E-state index in [0.29, 0.717) is 54.8 Å². The third-order valence-corrected chi connectivity index (χ3v) is 13.1. The molecule has 5 heterocycles. The van der Waals surface area contributed by atoms with Gasteiger partial charge in [-0.25, -0.2) is 4.98 Å². The number of carbonyl (C=O) groups is 5. The molecule has 14 nitrogen and oxygen atoms in total. The van der Waals surface area contributed by atoms with E-state index in [1.165, 1.54) is 30.3 Å². The van der Waals surface area contributed by atoms with Crippen LogP contribution >= 0.6 is 0 Å². The number of anilines is 1. The van der Waals surface area contributed by atoms with Crippen molar-refractivity contribution in [2.24, 2.45) is 7.05 Å². The standard InChI is InChI=1S/C49H60F3N7O7/c1-32-28-35(31-56(2)46(32)63)34-15-18-39-41(29-34)58(26-27-66-49(50,51)52)44(54-39)33-21-24-57(25-22-33)43(61)14-12-10-8-6-4-3-5-7-9-11-13-23-53-36-16-17-37-38(30-36)48(65)59(47(37)64)40-19-20-42(60)55-45(40)62/h15-18,28-31,33,40,53H,3-14,19-27H2,1-2H3,(H,55,60,62). The number of aromatic nitrogens is 3. The van der Waals surface area contributed by atoms with Gasteiger partial charge in [0.25, 0.3) is 17.4 Å². The minimum Gasteiger partial charge on any atom is -0.385 e. The lowest BCUT2D eigenvalue weighted by Gasteiger charge is -2.32. The normalized spacial score (nSPS) is 17.0. The highest BCUT2D eigenvalue weighted by Gasteiger charge is 2.44. The first-order valence-corrected chi connectivity index (χ1v) is 23.4. The van der Waals surface area contributed by atoms with Gasteiger partial charge in [0.1, 0.15) is 11.9 Å². The lowest BCUT2D eigenvalue weighted by molar-refractivity contribution is -0.325. The molecule has 1 atom stereocenters. The van der Waals surface area contributed by atoms with Gasteiger partial charge in [0.05, 0.1) is 28.8 Å². The van der Waals surface area contributed by atoms with E-state index in [-0.39, 0.29) is 47.9 Å². The third kappa shape index (κ3) is 11.8. The Hall–Kier alpha value is -5.84. The van der Waals surface area contributed by atoms with Crippen molar-refractivity contribution in [3.8, 4) is 11.1 Å². The quantitative estimate of drug-likeness (QED) is 0.0620. The summed E-state index contributed by atoms with van der Waals surface area (Å²) >= 11 is 0. The first-order valence-electron chi connectivity index (χ1n) is 23.4. The van der Waals surface area contributed by atoms with Crippen molar-refractivity contribution in [1.82, 2.24) is 29.2 Å². The first-order chi connectivity index (χ1) is 31.7. The molecule has 2 saturated heterocycles. The fraction of sp³-hybridized carbons (Fsp3) is 0.531. The minimum absolute atomic E-state index is 0.0261.